The minimum Gasteiger partial charge on any atom is -0.376 e. The number of carbonyl (C=O) groups excluding carboxylic acids is 1. The van der Waals surface area contributed by atoms with Gasteiger partial charge in [-0.15, -0.1) is 0 Å². The van der Waals surface area contributed by atoms with E-state index in [1.807, 2.05) is 7.05 Å². The summed E-state index contributed by atoms with van der Waals surface area (Å²) in [6, 6.07) is 0. The van der Waals surface area contributed by atoms with Crippen LogP contribution in [-0.2, 0) is 16.6 Å². The summed E-state index contributed by atoms with van der Waals surface area (Å²) in [4.78, 5) is 15.8. The van der Waals surface area contributed by atoms with Gasteiger partial charge in [-0.1, -0.05) is 31.5 Å². The number of aromatic nitrogens is 3. The summed E-state index contributed by atoms with van der Waals surface area (Å²) in [6.45, 7) is 3.41. The number of nitrogens with one attached hydrogen (secondary N) is 1. The van der Waals surface area contributed by atoms with Crippen LogP contribution in [0.5, 0.6) is 0 Å². The zero-order valence-electron chi connectivity index (χ0n) is 12.7. The minimum atomic E-state index is 0.00305. The van der Waals surface area contributed by atoms with Gasteiger partial charge in [0.2, 0.25) is 5.91 Å². The summed E-state index contributed by atoms with van der Waals surface area (Å²) in [5.41, 5.74) is 0. The van der Waals surface area contributed by atoms with E-state index in [4.69, 9.17) is 4.74 Å². The van der Waals surface area contributed by atoms with Gasteiger partial charge >= 0.3 is 0 Å². The fourth-order valence-electron chi connectivity index (χ4n) is 2.53. The van der Waals surface area contributed by atoms with Gasteiger partial charge < -0.3 is 10.1 Å². The molecule has 1 amide bonds. The highest BCUT2D eigenvalue weighted by Gasteiger charge is 2.21. The van der Waals surface area contributed by atoms with Crippen molar-refractivity contribution in [3.05, 3.63) is 6.33 Å². The van der Waals surface area contributed by atoms with Crippen molar-refractivity contribution in [3.63, 3.8) is 0 Å². The average molecular weight is 312 g/mol. The third-order valence-corrected chi connectivity index (χ3v) is 4.83. The molecule has 6 nitrogen and oxygen atoms in total. The number of amides is 1. The Hall–Kier alpha value is -1.08. The quantitative estimate of drug-likeness (QED) is 0.612. The first-order valence-electron chi connectivity index (χ1n) is 7.52. The van der Waals surface area contributed by atoms with Crippen molar-refractivity contribution in [2.45, 2.75) is 43.9 Å². The lowest BCUT2D eigenvalue weighted by Crippen LogP contribution is -2.32. The summed E-state index contributed by atoms with van der Waals surface area (Å²) in [7, 11) is 1.81. The van der Waals surface area contributed by atoms with Gasteiger partial charge in [-0.25, -0.2) is 9.67 Å². The monoisotopic (exact) mass is 312 g/mol. The Morgan fingerprint density at radius 2 is 2.33 bits per heavy atom. The van der Waals surface area contributed by atoms with Crippen LogP contribution in [0.3, 0.4) is 0 Å². The van der Waals surface area contributed by atoms with Crippen molar-refractivity contribution in [1.82, 2.24) is 20.1 Å². The van der Waals surface area contributed by atoms with Crippen molar-refractivity contribution >= 4 is 17.7 Å². The van der Waals surface area contributed by atoms with Gasteiger partial charge in [0.05, 0.1) is 18.5 Å². The van der Waals surface area contributed by atoms with Crippen LogP contribution in [0, 0.1) is 5.92 Å². The summed E-state index contributed by atoms with van der Waals surface area (Å²) >= 11 is 1.38. The molecule has 1 aromatic rings. The normalized spacial score (nSPS) is 22.2. The topological polar surface area (TPSA) is 69.0 Å². The molecule has 0 aliphatic heterocycles. The van der Waals surface area contributed by atoms with Gasteiger partial charge in [-0.05, 0) is 18.8 Å². The maximum Gasteiger partial charge on any atom is 0.230 e. The van der Waals surface area contributed by atoms with Crippen LogP contribution in [0.15, 0.2) is 11.5 Å². The standard InChI is InChI=1S/C14H24N4O2S/c1-11-5-3-4-6-12(11)20-8-7-15-13(19)9-21-14-16-10-17-18(14)2/h10-12H,3-9H2,1-2H3,(H,15,19)/t11-,12+/m0/s1. The molecule has 7 heteroatoms. The number of ether oxygens (including phenoxy) is 1. The van der Waals surface area contributed by atoms with E-state index >= 15 is 0 Å². The molecule has 0 spiro atoms. The maximum atomic E-state index is 11.7. The van der Waals surface area contributed by atoms with Crippen molar-refractivity contribution in [2.24, 2.45) is 13.0 Å². The molecule has 0 unspecified atom stereocenters. The highest BCUT2D eigenvalue weighted by atomic mass is 32.2. The fourth-order valence-corrected chi connectivity index (χ4v) is 3.25. The van der Waals surface area contributed by atoms with E-state index in [1.54, 1.807) is 4.68 Å². The Morgan fingerprint density at radius 1 is 1.52 bits per heavy atom. The number of rotatable bonds is 7. The van der Waals surface area contributed by atoms with Crippen LogP contribution in [0.1, 0.15) is 32.6 Å². The van der Waals surface area contributed by atoms with Gasteiger partial charge in [0.25, 0.3) is 0 Å². The van der Waals surface area contributed by atoms with E-state index in [9.17, 15) is 4.79 Å². The first kappa shape index (κ1) is 16.3. The Balaban J connectivity index is 1.56. The number of nitrogens with zero attached hydrogens (tertiary/aromatic N) is 3. The SMILES string of the molecule is C[C@H]1CCCC[C@H]1OCCNC(=O)CSc1ncnn1C. The lowest BCUT2D eigenvalue weighted by atomic mass is 9.88. The Labute approximate surface area is 130 Å². The van der Waals surface area contributed by atoms with Crippen molar-refractivity contribution in [2.75, 3.05) is 18.9 Å². The third-order valence-electron chi connectivity index (χ3n) is 3.79. The molecular formula is C14H24N4O2S. The van der Waals surface area contributed by atoms with Crippen LogP contribution in [0.4, 0.5) is 0 Å². The van der Waals surface area contributed by atoms with Crippen LogP contribution in [-0.4, -0.2) is 45.7 Å². The van der Waals surface area contributed by atoms with Gasteiger partial charge in [0, 0.05) is 13.6 Å². The zero-order valence-corrected chi connectivity index (χ0v) is 13.6. The number of hydrogen-bond acceptors (Lipinski definition) is 5. The molecule has 1 aliphatic carbocycles. The van der Waals surface area contributed by atoms with E-state index in [-0.39, 0.29) is 5.91 Å². The largest absolute Gasteiger partial charge is 0.376 e. The van der Waals surface area contributed by atoms with Crippen LogP contribution < -0.4 is 5.32 Å². The van der Waals surface area contributed by atoms with Crippen LogP contribution >= 0.6 is 11.8 Å². The van der Waals surface area contributed by atoms with E-state index < -0.39 is 0 Å². The molecule has 2 rings (SSSR count). The predicted octanol–water partition coefficient (Wildman–Crippen LogP) is 1.62. The summed E-state index contributed by atoms with van der Waals surface area (Å²) in [6.07, 6.45) is 6.83. The van der Waals surface area contributed by atoms with Gasteiger partial charge in [0.15, 0.2) is 5.16 Å². The van der Waals surface area contributed by atoms with Crippen molar-refractivity contribution in [1.29, 1.82) is 0 Å². The fraction of sp³-hybridized carbons (Fsp3) is 0.786. The number of hydrogen-bond donors (Lipinski definition) is 1. The number of carbonyl (C=O) groups is 1. The first-order valence-corrected chi connectivity index (χ1v) is 8.50. The van der Waals surface area contributed by atoms with Gasteiger partial charge in [0.1, 0.15) is 6.33 Å². The second kappa shape index (κ2) is 8.38. The smallest absolute Gasteiger partial charge is 0.230 e. The second-order valence-corrected chi connectivity index (χ2v) is 6.42. The maximum absolute atomic E-state index is 11.7. The number of aryl methyl sites for hydroxylation is 1. The average Bonchev–Trinajstić information content (AvgIpc) is 2.88. The molecule has 1 aromatic heterocycles. The highest BCUT2D eigenvalue weighted by Crippen LogP contribution is 2.25. The molecule has 1 saturated carbocycles. The van der Waals surface area contributed by atoms with Crippen LogP contribution in [0.25, 0.3) is 0 Å². The second-order valence-electron chi connectivity index (χ2n) is 5.48. The summed E-state index contributed by atoms with van der Waals surface area (Å²) in [5.74, 6) is 0.996. The van der Waals surface area contributed by atoms with Gasteiger partial charge in [-0.3, -0.25) is 4.79 Å². The minimum absolute atomic E-state index is 0.00305. The molecule has 21 heavy (non-hydrogen) atoms. The van der Waals surface area contributed by atoms with E-state index in [1.165, 1.54) is 37.4 Å². The van der Waals surface area contributed by atoms with Crippen molar-refractivity contribution < 1.29 is 9.53 Å². The Morgan fingerprint density at radius 3 is 3.05 bits per heavy atom. The van der Waals surface area contributed by atoms with E-state index in [0.717, 1.165) is 11.6 Å². The predicted molar refractivity (Wildman–Crippen MR) is 82.1 cm³/mol. The van der Waals surface area contributed by atoms with Crippen molar-refractivity contribution in [3.8, 4) is 0 Å². The molecule has 1 aliphatic rings. The molecule has 1 N–H and O–H groups in total. The van der Waals surface area contributed by atoms with E-state index in [2.05, 4.69) is 22.3 Å². The molecule has 1 fully saturated rings. The van der Waals surface area contributed by atoms with Gasteiger partial charge in [-0.2, -0.15) is 5.10 Å². The Kier molecular flexibility index (Phi) is 6.50. The lowest BCUT2D eigenvalue weighted by Gasteiger charge is -2.28. The summed E-state index contributed by atoms with van der Waals surface area (Å²) < 4.78 is 7.53. The molecule has 0 saturated heterocycles. The van der Waals surface area contributed by atoms with E-state index in [0.29, 0.717) is 30.9 Å². The molecule has 2 atom stereocenters. The molecular weight excluding hydrogens is 288 g/mol. The Bertz CT molecular complexity index is 452. The lowest BCUT2D eigenvalue weighted by molar-refractivity contribution is -0.119. The molecule has 0 radical (unpaired) electrons. The summed E-state index contributed by atoms with van der Waals surface area (Å²) in [5, 5.41) is 7.59. The molecule has 118 valence electrons. The molecule has 0 aromatic carbocycles. The number of thioether (sulfide) groups is 1. The zero-order chi connectivity index (χ0) is 15.1. The molecule has 0 bridgehead atoms. The first-order chi connectivity index (χ1) is 10.2. The van der Waals surface area contributed by atoms with Crippen LogP contribution in [0.2, 0.25) is 0 Å². The third kappa shape index (κ3) is 5.32. The highest BCUT2D eigenvalue weighted by molar-refractivity contribution is 7.99. The molecule has 1 heterocycles.